The molecule has 1 heterocycles. The van der Waals surface area contributed by atoms with Crippen LogP contribution in [0.5, 0.6) is 0 Å². The molecule has 22 heavy (non-hydrogen) atoms. The molecule has 0 aromatic rings. The summed E-state index contributed by atoms with van der Waals surface area (Å²) in [5, 5.41) is 9.05. The molecule has 1 aliphatic heterocycles. The number of aliphatic carboxylic acids is 1. The minimum absolute atomic E-state index is 0.119. The van der Waals surface area contributed by atoms with Crippen molar-refractivity contribution in [1.29, 1.82) is 0 Å². The number of carboxylic acids is 1. The summed E-state index contributed by atoms with van der Waals surface area (Å²) in [5.74, 6) is -3.08. The maximum Gasteiger partial charge on any atom is 0.421 e. The third-order valence-corrected chi connectivity index (χ3v) is 4.65. The fraction of sp³-hybridized carbons (Fsp3) is 0.714. The summed E-state index contributed by atoms with van der Waals surface area (Å²) >= 11 is 1.96. The van der Waals surface area contributed by atoms with Crippen LogP contribution in [0.25, 0.3) is 0 Å². The first-order chi connectivity index (χ1) is 10.5. The zero-order valence-corrected chi connectivity index (χ0v) is 13.1. The van der Waals surface area contributed by atoms with Gasteiger partial charge in [0.2, 0.25) is 5.78 Å². The normalized spacial score (nSPS) is 17.0. The van der Waals surface area contributed by atoms with Gasteiger partial charge in [0, 0.05) is 11.7 Å². The van der Waals surface area contributed by atoms with E-state index in [1.807, 2.05) is 11.8 Å². The summed E-state index contributed by atoms with van der Waals surface area (Å²) in [4.78, 5) is 52.2. The van der Waals surface area contributed by atoms with E-state index in [2.05, 4.69) is 9.78 Å². The molecular weight excluding hydrogens is 312 g/mol. The van der Waals surface area contributed by atoms with Gasteiger partial charge < -0.3 is 5.11 Å². The lowest BCUT2D eigenvalue weighted by Crippen LogP contribution is -2.20. The van der Waals surface area contributed by atoms with Crippen LogP contribution in [0, 0.1) is 0 Å². The zero-order chi connectivity index (χ0) is 16.4. The van der Waals surface area contributed by atoms with Gasteiger partial charge in [0.05, 0.1) is 12.8 Å². The smallest absolute Gasteiger partial charge is 0.421 e. The van der Waals surface area contributed by atoms with Crippen molar-refractivity contribution in [3.05, 3.63) is 0 Å². The highest BCUT2D eigenvalue weighted by Gasteiger charge is 2.20. The Hall–Kier alpha value is -1.57. The fourth-order valence-electron chi connectivity index (χ4n) is 2.01. The van der Waals surface area contributed by atoms with Crippen LogP contribution in [-0.4, -0.2) is 39.8 Å². The van der Waals surface area contributed by atoms with Crippen LogP contribution in [0.2, 0.25) is 0 Å². The Balaban J connectivity index is 2.05. The second-order valence-electron chi connectivity index (χ2n) is 5.02. The third kappa shape index (κ3) is 8.02. The lowest BCUT2D eigenvalue weighted by molar-refractivity contribution is -0.256. The largest absolute Gasteiger partial charge is 0.481 e. The van der Waals surface area contributed by atoms with Gasteiger partial charge in [-0.2, -0.15) is 11.8 Å². The third-order valence-electron chi connectivity index (χ3n) is 3.18. The van der Waals surface area contributed by atoms with E-state index in [0.717, 1.165) is 12.8 Å². The van der Waals surface area contributed by atoms with Gasteiger partial charge >= 0.3 is 17.9 Å². The van der Waals surface area contributed by atoms with Crippen LogP contribution < -0.4 is 0 Å². The summed E-state index contributed by atoms with van der Waals surface area (Å²) in [6.07, 6.45) is 4.25. The molecule has 7 nitrogen and oxygen atoms in total. The molecular formula is C14H20O7S. The Bertz CT molecular complexity index is 415. The summed E-state index contributed by atoms with van der Waals surface area (Å²) < 4.78 is 0. The summed E-state index contributed by atoms with van der Waals surface area (Å²) in [6.45, 7) is 0. The number of carbonyl (C=O) groups is 4. The molecule has 1 saturated heterocycles. The van der Waals surface area contributed by atoms with E-state index in [-0.39, 0.29) is 6.42 Å². The highest BCUT2D eigenvalue weighted by Crippen LogP contribution is 2.29. The molecule has 0 bridgehead atoms. The average molecular weight is 332 g/mol. The molecule has 1 atom stereocenters. The van der Waals surface area contributed by atoms with Crippen LogP contribution in [0.1, 0.15) is 51.4 Å². The molecule has 1 aliphatic rings. The molecule has 0 radical (unpaired) electrons. The van der Waals surface area contributed by atoms with Gasteiger partial charge in [0.15, 0.2) is 0 Å². The maximum atomic E-state index is 11.3. The van der Waals surface area contributed by atoms with Crippen molar-refractivity contribution in [2.24, 2.45) is 0 Å². The predicted molar refractivity (Wildman–Crippen MR) is 78.0 cm³/mol. The van der Waals surface area contributed by atoms with E-state index in [9.17, 15) is 19.2 Å². The van der Waals surface area contributed by atoms with Crippen LogP contribution in [0.3, 0.4) is 0 Å². The standard InChI is InChI=1S/C14H20O7S/c15-11(7-8-12(16)17)14(19)21-20-13(18)6-2-1-4-10-5-3-9-22-10/h10H,1-9H2,(H,16,17)/t10-/m1/s1. The molecule has 8 heteroatoms. The van der Waals surface area contributed by atoms with Gasteiger partial charge in [-0.1, -0.05) is 6.42 Å². The van der Waals surface area contributed by atoms with Gasteiger partial charge in [-0.05, 0) is 31.4 Å². The van der Waals surface area contributed by atoms with Crippen LogP contribution in [0.4, 0.5) is 0 Å². The summed E-state index contributed by atoms with van der Waals surface area (Å²) in [6, 6.07) is 0. The predicted octanol–water partition coefficient (Wildman–Crippen LogP) is 1.88. The molecule has 0 aromatic heterocycles. The first-order valence-electron chi connectivity index (χ1n) is 7.27. The minimum atomic E-state index is -1.35. The van der Waals surface area contributed by atoms with Gasteiger partial charge in [-0.3, -0.25) is 9.59 Å². The Morgan fingerprint density at radius 1 is 1.05 bits per heavy atom. The monoisotopic (exact) mass is 332 g/mol. The van der Waals surface area contributed by atoms with Gasteiger partial charge in [0.1, 0.15) is 0 Å². The fourth-order valence-corrected chi connectivity index (χ4v) is 3.34. The first kappa shape index (κ1) is 18.5. The molecule has 0 aliphatic carbocycles. The van der Waals surface area contributed by atoms with E-state index in [1.165, 1.54) is 18.6 Å². The average Bonchev–Trinajstić information content (AvgIpc) is 2.99. The van der Waals surface area contributed by atoms with Crippen LogP contribution in [0.15, 0.2) is 0 Å². The van der Waals surface area contributed by atoms with E-state index in [0.29, 0.717) is 11.7 Å². The quantitative estimate of drug-likeness (QED) is 0.295. The van der Waals surface area contributed by atoms with E-state index in [1.54, 1.807) is 0 Å². The van der Waals surface area contributed by atoms with Crippen molar-refractivity contribution in [3.8, 4) is 0 Å². The second-order valence-corrected chi connectivity index (χ2v) is 6.43. The zero-order valence-electron chi connectivity index (χ0n) is 12.2. The van der Waals surface area contributed by atoms with Crippen molar-refractivity contribution in [3.63, 3.8) is 0 Å². The lowest BCUT2D eigenvalue weighted by Gasteiger charge is -2.07. The van der Waals surface area contributed by atoms with Crippen LogP contribution in [-0.2, 0) is 29.0 Å². The molecule has 0 unspecified atom stereocenters. The Kier molecular flexibility index (Phi) is 8.57. The molecule has 1 N–H and O–H groups in total. The van der Waals surface area contributed by atoms with E-state index in [4.69, 9.17) is 5.11 Å². The minimum Gasteiger partial charge on any atom is -0.481 e. The Labute approximate surface area is 132 Å². The molecule has 0 aromatic carbocycles. The molecule has 0 saturated carbocycles. The molecule has 0 spiro atoms. The molecule has 1 rings (SSSR count). The number of unbranched alkanes of at least 4 members (excludes halogenated alkanes) is 1. The van der Waals surface area contributed by atoms with Gasteiger partial charge in [-0.15, -0.1) is 0 Å². The number of hydrogen-bond acceptors (Lipinski definition) is 7. The number of carbonyl (C=O) groups excluding carboxylic acids is 3. The number of carboxylic acid groups (broad SMARTS) is 1. The molecule has 124 valence electrons. The first-order valence-corrected chi connectivity index (χ1v) is 8.32. The number of rotatable bonds is 9. The highest BCUT2D eigenvalue weighted by atomic mass is 32.2. The van der Waals surface area contributed by atoms with Crippen molar-refractivity contribution in [1.82, 2.24) is 0 Å². The number of thioether (sulfide) groups is 1. The topological polar surface area (TPSA) is 107 Å². The van der Waals surface area contributed by atoms with Gasteiger partial charge in [0.25, 0.3) is 0 Å². The highest BCUT2D eigenvalue weighted by molar-refractivity contribution is 8.00. The second kappa shape index (κ2) is 10.2. The molecule has 1 fully saturated rings. The van der Waals surface area contributed by atoms with Gasteiger partial charge in [-0.25, -0.2) is 19.4 Å². The number of ketones is 1. The van der Waals surface area contributed by atoms with Crippen molar-refractivity contribution >= 4 is 35.5 Å². The molecule has 0 amide bonds. The van der Waals surface area contributed by atoms with Crippen LogP contribution >= 0.6 is 11.8 Å². The number of Topliss-reactive ketones (excluding diaryl/α,β-unsaturated/α-hetero) is 1. The number of hydrogen-bond donors (Lipinski definition) is 1. The maximum absolute atomic E-state index is 11.3. The van der Waals surface area contributed by atoms with Crippen molar-refractivity contribution in [2.75, 3.05) is 5.75 Å². The summed E-state index contributed by atoms with van der Waals surface area (Å²) in [7, 11) is 0. The lowest BCUT2D eigenvalue weighted by atomic mass is 10.1. The SMILES string of the molecule is O=C(O)CCC(=O)C(=O)OOC(=O)CCCC[C@@H]1CCCS1. The summed E-state index contributed by atoms with van der Waals surface area (Å²) in [5.41, 5.74) is 0. The Morgan fingerprint density at radius 3 is 2.45 bits per heavy atom. The van der Waals surface area contributed by atoms with Crippen molar-refractivity contribution < 1.29 is 34.1 Å². The Morgan fingerprint density at radius 2 is 1.82 bits per heavy atom. The van der Waals surface area contributed by atoms with E-state index >= 15 is 0 Å². The van der Waals surface area contributed by atoms with E-state index < -0.39 is 36.5 Å². The van der Waals surface area contributed by atoms with Crippen molar-refractivity contribution in [2.45, 2.75) is 56.6 Å².